The molecule has 0 radical (unpaired) electrons. The van der Waals surface area contributed by atoms with Gasteiger partial charge >= 0.3 is 0 Å². The highest BCUT2D eigenvalue weighted by molar-refractivity contribution is 7.13. The Bertz CT molecular complexity index is 680. The summed E-state index contributed by atoms with van der Waals surface area (Å²) in [6.07, 6.45) is 2.40. The maximum absolute atomic E-state index is 11.9. The van der Waals surface area contributed by atoms with Crippen molar-refractivity contribution in [2.24, 2.45) is 0 Å². The first-order chi connectivity index (χ1) is 10.7. The third kappa shape index (κ3) is 3.57. The number of ether oxygens (including phenoxy) is 2. The van der Waals surface area contributed by atoms with Crippen molar-refractivity contribution in [3.05, 3.63) is 34.8 Å². The number of nitrogens with one attached hydrogen (secondary N) is 1. The lowest BCUT2D eigenvalue weighted by molar-refractivity contribution is -0.118. The Morgan fingerprint density at radius 1 is 1.41 bits per heavy atom. The molecule has 1 amide bonds. The molecular weight excluding hydrogens is 300 g/mol. The van der Waals surface area contributed by atoms with Crippen LogP contribution in [-0.2, 0) is 4.79 Å². The Morgan fingerprint density at radius 3 is 2.95 bits per heavy atom. The predicted molar refractivity (Wildman–Crippen MR) is 85.9 cm³/mol. The van der Waals surface area contributed by atoms with E-state index in [1.165, 1.54) is 24.2 Å². The van der Waals surface area contributed by atoms with Crippen molar-refractivity contribution in [2.75, 3.05) is 19.0 Å². The molecule has 1 heterocycles. The molecular formula is C16H18N2O3S. The number of carbonyl (C=O) groups is 1. The minimum Gasteiger partial charge on any atom is -0.493 e. The molecule has 3 rings (SSSR count). The summed E-state index contributed by atoms with van der Waals surface area (Å²) in [4.78, 5) is 16.4. The molecule has 0 bridgehead atoms. The Kier molecular flexibility index (Phi) is 4.29. The number of benzene rings is 1. The molecule has 1 saturated carbocycles. The second-order valence-electron chi connectivity index (χ2n) is 5.34. The van der Waals surface area contributed by atoms with Crippen molar-refractivity contribution in [1.29, 1.82) is 0 Å². The molecule has 1 aromatic carbocycles. The van der Waals surface area contributed by atoms with Crippen LogP contribution in [0.25, 0.3) is 0 Å². The monoisotopic (exact) mass is 318 g/mol. The number of nitrogens with zero attached hydrogens (tertiary/aromatic N) is 1. The molecule has 1 aromatic heterocycles. The van der Waals surface area contributed by atoms with Crippen molar-refractivity contribution in [2.45, 2.75) is 25.7 Å². The molecule has 116 valence electrons. The Balaban J connectivity index is 1.55. The second kappa shape index (κ2) is 6.36. The van der Waals surface area contributed by atoms with Gasteiger partial charge in [-0.2, -0.15) is 0 Å². The molecule has 1 fully saturated rings. The topological polar surface area (TPSA) is 60.5 Å². The molecule has 0 aliphatic heterocycles. The van der Waals surface area contributed by atoms with Crippen molar-refractivity contribution in [3.63, 3.8) is 0 Å². The van der Waals surface area contributed by atoms with Crippen LogP contribution in [0.2, 0.25) is 0 Å². The molecule has 0 atom stereocenters. The average molecular weight is 318 g/mol. The summed E-state index contributed by atoms with van der Waals surface area (Å²) >= 11 is 1.45. The van der Waals surface area contributed by atoms with E-state index in [0.717, 1.165) is 11.3 Å². The van der Waals surface area contributed by atoms with Crippen molar-refractivity contribution >= 4 is 22.4 Å². The number of aryl methyl sites for hydroxylation is 1. The van der Waals surface area contributed by atoms with E-state index < -0.39 is 0 Å². The van der Waals surface area contributed by atoms with Crippen LogP contribution < -0.4 is 14.8 Å². The fraction of sp³-hybridized carbons (Fsp3) is 0.375. The third-order valence-corrected chi connectivity index (χ3v) is 4.22. The summed E-state index contributed by atoms with van der Waals surface area (Å²) in [6, 6.07) is 5.59. The van der Waals surface area contributed by atoms with Gasteiger partial charge in [-0.3, -0.25) is 10.1 Å². The van der Waals surface area contributed by atoms with Crippen molar-refractivity contribution in [3.8, 4) is 11.5 Å². The molecule has 2 aromatic rings. The van der Waals surface area contributed by atoms with Gasteiger partial charge in [0.15, 0.2) is 23.2 Å². The number of carbonyl (C=O) groups excluding carboxylic acids is 1. The fourth-order valence-corrected chi connectivity index (χ4v) is 2.91. The minimum atomic E-state index is -0.223. The molecule has 0 spiro atoms. The lowest BCUT2D eigenvalue weighted by Gasteiger charge is -2.10. The Morgan fingerprint density at radius 2 is 2.23 bits per heavy atom. The number of thiazole rings is 1. The summed E-state index contributed by atoms with van der Waals surface area (Å²) in [5, 5.41) is 5.41. The minimum absolute atomic E-state index is 0.0717. The van der Waals surface area contributed by atoms with Crippen LogP contribution in [0.4, 0.5) is 5.13 Å². The first-order valence-electron chi connectivity index (χ1n) is 7.18. The molecule has 0 saturated heterocycles. The third-order valence-electron chi connectivity index (χ3n) is 3.44. The summed E-state index contributed by atoms with van der Waals surface area (Å²) in [6.45, 7) is 1.90. The van der Waals surface area contributed by atoms with E-state index in [9.17, 15) is 4.79 Å². The van der Waals surface area contributed by atoms with Gasteiger partial charge in [0.25, 0.3) is 5.91 Å². The molecule has 1 aliphatic carbocycles. The molecule has 1 aliphatic rings. The quantitative estimate of drug-likeness (QED) is 0.887. The Hall–Kier alpha value is -2.08. The number of hydrogen-bond acceptors (Lipinski definition) is 5. The van der Waals surface area contributed by atoms with Gasteiger partial charge in [-0.1, -0.05) is 6.07 Å². The highest BCUT2D eigenvalue weighted by Gasteiger charge is 2.26. The smallest absolute Gasteiger partial charge is 0.264 e. The number of anilines is 1. The highest BCUT2D eigenvalue weighted by atomic mass is 32.1. The van der Waals surface area contributed by atoms with Crippen LogP contribution >= 0.6 is 11.3 Å². The van der Waals surface area contributed by atoms with Crippen LogP contribution in [0.3, 0.4) is 0 Å². The van der Waals surface area contributed by atoms with E-state index in [0.29, 0.717) is 22.5 Å². The lowest BCUT2D eigenvalue weighted by atomic mass is 10.2. The van der Waals surface area contributed by atoms with E-state index >= 15 is 0 Å². The van der Waals surface area contributed by atoms with E-state index in [2.05, 4.69) is 10.3 Å². The first-order valence-corrected chi connectivity index (χ1v) is 8.06. The molecule has 22 heavy (non-hydrogen) atoms. The zero-order chi connectivity index (χ0) is 15.5. The lowest BCUT2D eigenvalue weighted by Crippen LogP contribution is -2.20. The molecule has 1 N–H and O–H groups in total. The van der Waals surface area contributed by atoms with Crippen LogP contribution in [0.5, 0.6) is 11.5 Å². The molecule has 5 nitrogen and oxygen atoms in total. The first kappa shape index (κ1) is 14.8. The van der Waals surface area contributed by atoms with Gasteiger partial charge in [0.05, 0.1) is 12.8 Å². The summed E-state index contributed by atoms with van der Waals surface area (Å²) < 4.78 is 10.8. The largest absolute Gasteiger partial charge is 0.493 e. The zero-order valence-corrected chi connectivity index (χ0v) is 13.4. The van der Waals surface area contributed by atoms with Gasteiger partial charge in [0, 0.05) is 11.3 Å². The van der Waals surface area contributed by atoms with E-state index in [1.54, 1.807) is 13.2 Å². The number of aromatic nitrogens is 1. The predicted octanol–water partition coefficient (Wildman–Crippen LogP) is 3.36. The molecule has 0 unspecified atom stereocenters. The number of hydrogen-bond donors (Lipinski definition) is 1. The highest BCUT2D eigenvalue weighted by Crippen LogP contribution is 2.40. The number of rotatable bonds is 6. The Labute approximate surface area is 133 Å². The van der Waals surface area contributed by atoms with Crippen molar-refractivity contribution < 1.29 is 14.3 Å². The summed E-state index contributed by atoms with van der Waals surface area (Å²) in [5.41, 5.74) is 2.16. The summed E-state index contributed by atoms with van der Waals surface area (Å²) in [7, 11) is 1.58. The normalized spacial score (nSPS) is 13.7. The fourth-order valence-electron chi connectivity index (χ4n) is 2.10. The van der Waals surface area contributed by atoms with Crippen molar-refractivity contribution in [1.82, 2.24) is 4.98 Å². The van der Waals surface area contributed by atoms with Gasteiger partial charge in [-0.25, -0.2) is 4.98 Å². The molecule has 6 heteroatoms. The van der Waals surface area contributed by atoms with Gasteiger partial charge in [0.1, 0.15) is 0 Å². The zero-order valence-electron chi connectivity index (χ0n) is 12.6. The maximum Gasteiger partial charge on any atom is 0.264 e. The van der Waals surface area contributed by atoms with Crippen LogP contribution in [0.1, 0.15) is 30.0 Å². The SMILES string of the molecule is COc1cc(C)ccc1OCC(=O)Nc1nc(C2CC2)cs1. The maximum atomic E-state index is 11.9. The second-order valence-corrected chi connectivity index (χ2v) is 6.20. The van der Waals surface area contributed by atoms with Crippen LogP contribution in [-0.4, -0.2) is 24.6 Å². The van der Waals surface area contributed by atoms with Gasteiger partial charge in [-0.15, -0.1) is 11.3 Å². The van der Waals surface area contributed by atoms with Crippen LogP contribution in [0, 0.1) is 6.92 Å². The van der Waals surface area contributed by atoms with E-state index in [1.807, 2.05) is 24.4 Å². The average Bonchev–Trinajstić information content (AvgIpc) is 3.26. The van der Waals surface area contributed by atoms with Gasteiger partial charge in [0.2, 0.25) is 0 Å². The standard InChI is InChI=1S/C16H18N2O3S/c1-10-3-6-13(14(7-10)20-2)21-8-15(19)18-16-17-12(9-22-16)11-4-5-11/h3,6-7,9,11H,4-5,8H2,1-2H3,(H,17,18,19). The number of amides is 1. The van der Waals surface area contributed by atoms with E-state index in [-0.39, 0.29) is 12.5 Å². The summed E-state index contributed by atoms with van der Waals surface area (Å²) in [5.74, 6) is 1.55. The van der Waals surface area contributed by atoms with Crippen LogP contribution in [0.15, 0.2) is 23.6 Å². The van der Waals surface area contributed by atoms with E-state index in [4.69, 9.17) is 9.47 Å². The number of methoxy groups -OCH3 is 1. The van der Waals surface area contributed by atoms with Gasteiger partial charge < -0.3 is 9.47 Å². The van der Waals surface area contributed by atoms with Gasteiger partial charge in [-0.05, 0) is 37.5 Å².